The summed E-state index contributed by atoms with van der Waals surface area (Å²) >= 11 is 5.99. The Hall–Kier alpha value is -1.60. The number of carbonyl (C=O) groups excluding carboxylic acids is 1. The summed E-state index contributed by atoms with van der Waals surface area (Å²) in [4.78, 5) is 15.7. The fraction of sp³-hybridized carbons (Fsp3) is 0.471. The Morgan fingerprint density at radius 3 is 2.83 bits per heavy atom. The molecule has 3 rings (SSSR count). The summed E-state index contributed by atoms with van der Waals surface area (Å²) in [6.07, 6.45) is 1.94. The predicted molar refractivity (Wildman–Crippen MR) is 93.1 cm³/mol. The van der Waals surface area contributed by atoms with Crippen LogP contribution >= 0.6 is 11.6 Å². The van der Waals surface area contributed by atoms with Crippen molar-refractivity contribution in [2.24, 2.45) is 5.73 Å². The van der Waals surface area contributed by atoms with Gasteiger partial charge in [0.25, 0.3) is 5.91 Å². The molecule has 0 bridgehead atoms. The highest BCUT2D eigenvalue weighted by molar-refractivity contribution is 6.31. The van der Waals surface area contributed by atoms with Crippen LogP contribution in [0.1, 0.15) is 29.8 Å². The smallest absolute Gasteiger partial charge is 0.268 e. The van der Waals surface area contributed by atoms with Crippen LogP contribution in [0.25, 0.3) is 10.9 Å². The predicted octanol–water partition coefficient (Wildman–Crippen LogP) is 2.42. The monoisotopic (exact) mass is 351 g/mol. The molecule has 7 heteroatoms. The van der Waals surface area contributed by atoms with Crippen LogP contribution in [0, 0.1) is 0 Å². The van der Waals surface area contributed by atoms with Gasteiger partial charge in [0.2, 0.25) is 0 Å². The zero-order valence-electron chi connectivity index (χ0n) is 13.8. The van der Waals surface area contributed by atoms with Crippen molar-refractivity contribution < 1.29 is 14.3 Å². The first-order valence-electron chi connectivity index (χ1n) is 7.91. The van der Waals surface area contributed by atoms with E-state index in [2.05, 4.69) is 10.3 Å². The lowest BCUT2D eigenvalue weighted by atomic mass is 9.86. The number of H-pyrrole nitrogens is 1. The van der Waals surface area contributed by atoms with Gasteiger partial charge in [-0.1, -0.05) is 11.6 Å². The number of nitrogens with two attached hydrogens (primary N) is 1. The molecule has 1 aliphatic rings. The number of aromatic amines is 1. The number of fused-ring (bicyclic) bond motifs is 1. The normalized spacial score (nSPS) is 23.3. The van der Waals surface area contributed by atoms with E-state index in [0.29, 0.717) is 23.6 Å². The number of hydrogen-bond acceptors (Lipinski definition) is 4. The summed E-state index contributed by atoms with van der Waals surface area (Å²) in [6, 6.07) is 6.88. The van der Waals surface area contributed by atoms with Gasteiger partial charge in [-0.3, -0.25) is 4.79 Å². The molecule has 0 radical (unpaired) electrons. The molecule has 1 heterocycles. The average Bonchev–Trinajstić information content (AvgIpc) is 3.00. The molecule has 0 aliphatic heterocycles. The maximum absolute atomic E-state index is 12.6. The summed E-state index contributed by atoms with van der Waals surface area (Å²) in [7, 11) is 3.22. The Balaban J connectivity index is 1.76. The molecule has 1 aromatic carbocycles. The van der Waals surface area contributed by atoms with E-state index < -0.39 is 5.79 Å². The standard InChI is InChI=1S/C17H22ClN3O3/c1-23-17(24-2)6-5-12(19)15(9-17)21-16(22)14-8-10-7-11(18)3-4-13(10)20-14/h3-4,7-8,12,15,20H,5-6,9,19H2,1-2H3,(H,21,22)/t12-,15+/m0/s1. The van der Waals surface area contributed by atoms with E-state index in [1.807, 2.05) is 12.1 Å². The number of nitrogens with one attached hydrogen (secondary N) is 2. The number of rotatable bonds is 4. The number of ether oxygens (including phenoxy) is 2. The molecule has 1 amide bonds. The molecule has 4 N–H and O–H groups in total. The number of halogens is 1. The third kappa shape index (κ3) is 3.28. The van der Waals surface area contributed by atoms with Crippen LogP contribution in [0.5, 0.6) is 0 Å². The van der Waals surface area contributed by atoms with Gasteiger partial charge in [0.15, 0.2) is 5.79 Å². The first kappa shape index (κ1) is 17.2. The van der Waals surface area contributed by atoms with Crippen molar-refractivity contribution in [3.8, 4) is 0 Å². The van der Waals surface area contributed by atoms with Crippen LogP contribution in [0.15, 0.2) is 24.3 Å². The van der Waals surface area contributed by atoms with Crippen LogP contribution < -0.4 is 11.1 Å². The quantitative estimate of drug-likeness (QED) is 0.738. The van der Waals surface area contributed by atoms with Crippen LogP contribution in [0.2, 0.25) is 5.02 Å². The summed E-state index contributed by atoms with van der Waals surface area (Å²) in [5, 5.41) is 4.52. The Morgan fingerprint density at radius 1 is 1.38 bits per heavy atom. The van der Waals surface area contributed by atoms with Crippen molar-refractivity contribution in [2.45, 2.75) is 37.1 Å². The first-order chi connectivity index (χ1) is 11.5. The Bertz CT molecular complexity index is 742. The van der Waals surface area contributed by atoms with Gasteiger partial charge in [-0.05, 0) is 30.7 Å². The van der Waals surface area contributed by atoms with E-state index in [9.17, 15) is 4.79 Å². The second-order valence-electron chi connectivity index (χ2n) is 6.22. The van der Waals surface area contributed by atoms with Crippen molar-refractivity contribution in [1.29, 1.82) is 0 Å². The van der Waals surface area contributed by atoms with Gasteiger partial charge >= 0.3 is 0 Å². The van der Waals surface area contributed by atoms with Gasteiger partial charge in [0.05, 0.1) is 0 Å². The Kier molecular flexibility index (Phi) is 4.83. The van der Waals surface area contributed by atoms with Crippen molar-refractivity contribution in [3.63, 3.8) is 0 Å². The number of carbonyl (C=O) groups is 1. The van der Waals surface area contributed by atoms with Gasteiger partial charge in [-0.25, -0.2) is 0 Å². The zero-order chi connectivity index (χ0) is 17.3. The van der Waals surface area contributed by atoms with Crippen LogP contribution in [0.4, 0.5) is 0 Å². The Labute approximate surface area is 145 Å². The van der Waals surface area contributed by atoms with Crippen LogP contribution in [0.3, 0.4) is 0 Å². The lowest BCUT2D eigenvalue weighted by molar-refractivity contribution is -0.228. The molecule has 2 aromatic rings. The van der Waals surface area contributed by atoms with Gasteiger partial charge in [0.1, 0.15) is 5.69 Å². The molecule has 1 fully saturated rings. The number of hydrogen-bond donors (Lipinski definition) is 3. The summed E-state index contributed by atoms with van der Waals surface area (Å²) in [5.74, 6) is -0.896. The minimum atomic E-state index is -0.693. The van der Waals surface area contributed by atoms with Gasteiger partial charge < -0.3 is 25.5 Å². The topological polar surface area (TPSA) is 89.4 Å². The molecule has 2 atom stereocenters. The van der Waals surface area contributed by atoms with E-state index in [4.69, 9.17) is 26.8 Å². The first-order valence-corrected chi connectivity index (χ1v) is 8.29. The summed E-state index contributed by atoms with van der Waals surface area (Å²) in [5.41, 5.74) is 7.52. The maximum Gasteiger partial charge on any atom is 0.268 e. The molecule has 130 valence electrons. The SMILES string of the molecule is COC1(OC)CC[C@H](N)[C@H](NC(=O)c2cc3cc(Cl)ccc3[nH]2)C1. The van der Waals surface area contributed by atoms with Gasteiger partial charge in [0, 0.05) is 55.1 Å². The maximum atomic E-state index is 12.6. The van der Waals surface area contributed by atoms with E-state index in [0.717, 1.165) is 17.3 Å². The van der Waals surface area contributed by atoms with Crippen molar-refractivity contribution in [1.82, 2.24) is 10.3 Å². The van der Waals surface area contributed by atoms with E-state index in [1.165, 1.54) is 0 Å². The van der Waals surface area contributed by atoms with E-state index >= 15 is 0 Å². The molecule has 0 spiro atoms. The van der Waals surface area contributed by atoms with E-state index in [1.54, 1.807) is 26.4 Å². The van der Waals surface area contributed by atoms with Crippen molar-refractivity contribution in [2.75, 3.05) is 14.2 Å². The second-order valence-corrected chi connectivity index (χ2v) is 6.66. The minimum absolute atomic E-state index is 0.133. The number of amides is 1. The number of methoxy groups -OCH3 is 2. The van der Waals surface area contributed by atoms with Gasteiger partial charge in [-0.15, -0.1) is 0 Å². The van der Waals surface area contributed by atoms with Crippen molar-refractivity contribution in [3.05, 3.63) is 35.0 Å². The highest BCUT2D eigenvalue weighted by Crippen LogP contribution is 2.31. The highest BCUT2D eigenvalue weighted by atomic mass is 35.5. The third-order valence-corrected chi connectivity index (χ3v) is 5.03. The molecule has 24 heavy (non-hydrogen) atoms. The number of benzene rings is 1. The highest BCUT2D eigenvalue weighted by Gasteiger charge is 2.41. The molecule has 1 aromatic heterocycles. The fourth-order valence-electron chi connectivity index (χ4n) is 3.26. The van der Waals surface area contributed by atoms with Crippen LogP contribution in [-0.2, 0) is 9.47 Å². The summed E-state index contributed by atoms with van der Waals surface area (Å²) < 4.78 is 11.0. The lowest BCUT2D eigenvalue weighted by Crippen LogP contribution is -2.57. The fourth-order valence-corrected chi connectivity index (χ4v) is 3.44. The molecule has 1 saturated carbocycles. The lowest BCUT2D eigenvalue weighted by Gasteiger charge is -2.41. The largest absolute Gasteiger partial charge is 0.353 e. The molecule has 1 aliphatic carbocycles. The molecule has 0 saturated heterocycles. The summed E-state index contributed by atoms with van der Waals surface area (Å²) in [6.45, 7) is 0. The molecular weight excluding hydrogens is 330 g/mol. The molecule has 6 nitrogen and oxygen atoms in total. The van der Waals surface area contributed by atoms with E-state index in [-0.39, 0.29) is 18.0 Å². The second kappa shape index (κ2) is 6.72. The van der Waals surface area contributed by atoms with Crippen LogP contribution in [-0.4, -0.2) is 43.0 Å². The number of aromatic nitrogens is 1. The molecule has 0 unspecified atom stereocenters. The average molecular weight is 352 g/mol. The minimum Gasteiger partial charge on any atom is -0.353 e. The third-order valence-electron chi connectivity index (χ3n) is 4.79. The zero-order valence-corrected chi connectivity index (χ0v) is 14.5. The molecular formula is C17H22ClN3O3. The Morgan fingerprint density at radius 2 is 2.12 bits per heavy atom. The van der Waals surface area contributed by atoms with Crippen molar-refractivity contribution >= 4 is 28.4 Å². The van der Waals surface area contributed by atoms with Gasteiger partial charge in [-0.2, -0.15) is 0 Å².